The maximum absolute atomic E-state index is 13.9. The highest BCUT2D eigenvalue weighted by molar-refractivity contribution is 7.99. The first kappa shape index (κ1) is 15.8. The molecule has 4 nitrogen and oxygen atoms in total. The third-order valence-electron chi connectivity index (χ3n) is 3.91. The van der Waals surface area contributed by atoms with Gasteiger partial charge in [-0.15, -0.1) is 0 Å². The fraction of sp³-hybridized carbons (Fsp3) is 0.294. The Hall–Kier alpha value is -2.08. The number of nitrogens with zero attached hydrogens (tertiary/aromatic N) is 1. The van der Waals surface area contributed by atoms with Crippen LogP contribution < -0.4 is 5.56 Å². The van der Waals surface area contributed by atoms with Crippen molar-refractivity contribution in [3.05, 3.63) is 69.9 Å². The van der Waals surface area contributed by atoms with Gasteiger partial charge in [-0.05, 0) is 18.6 Å². The van der Waals surface area contributed by atoms with Gasteiger partial charge in [-0.1, -0.05) is 18.2 Å². The van der Waals surface area contributed by atoms with E-state index in [2.05, 4.69) is 4.98 Å². The Morgan fingerprint density at radius 1 is 1.22 bits per heavy atom. The molecule has 1 fully saturated rings. The molecule has 3 rings (SSSR count). The fourth-order valence-electron chi connectivity index (χ4n) is 2.68. The first-order valence-corrected chi connectivity index (χ1v) is 8.54. The van der Waals surface area contributed by atoms with Crippen LogP contribution in [0.3, 0.4) is 0 Å². The van der Waals surface area contributed by atoms with Crippen molar-refractivity contribution in [2.24, 2.45) is 0 Å². The van der Waals surface area contributed by atoms with E-state index in [9.17, 15) is 14.0 Å². The van der Waals surface area contributed by atoms with Crippen molar-refractivity contribution in [1.82, 2.24) is 9.88 Å². The van der Waals surface area contributed by atoms with E-state index in [1.165, 1.54) is 24.4 Å². The summed E-state index contributed by atoms with van der Waals surface area (Å²) < 4.78 is 13.9. The lowest BCUT2D eigenvalue weighted by atomic mass is 10.1. The number of H-pyrrole nitrogens is 1. The predicted molar refractivity (Wildman–Crippen MR) is 89.2 cm³/mol. The number of nitrogens with one attached hydrogen (secondary N) is 1. The van der Waals surface area contributed by atoms with Crippen LogP contribution >= 0.6 is 11.8 Å². The molecule has 0 saturated carbocycles. The summed E-state index contributed by atoms with van der Waals surface area (Å²) in [5.74, 6) is 0.468. The molecule has 120 valence electrons. The number of hydrogen-bond acceptors (Lipinski definition) is 3. The molecule has 6 heteroatoms. The second-order valence-electron chi connectivity index (χ2n) is 5.40. The number of pyridine rings is 1. The normalized spacial score (nSPS) is 18.5. The van der Waals surface area contributed by atoms with E-state index >= 15 is 0 Å². The van der Waals surface area contributed by atoms with Crippen molar-refractivity contribution >= 4 is 17.7 Å². The van der Waals surface area contributed by atoms with Crippen molar-refractivity contribution in [3.63, 3.8) is 0 Å². The highest BCUT2D eigenvalue weighted by Crippen LogP contribution is 2.35. The third-order valence-corrected chi connectivity index (χ3v) is 5.22. The number of carbonyl (C=O) groups is 1. The highest BCUT2D eigenvalue weighted by atomic mass is 32.2. The molecule has 1 atom stereocenters. The lowest BCUT2D eigenvalue weighted by Gasteiger charge is -2.20. The smallest absolute Gasteiger partial charge is 0.255 e. The molecule has 0 aliphatic carbocycles. The van der Waals surface area contributed by atoms with Crippen molar-refractivity contribution in [2.45, 2.75) is 11.7 Å². The van der Waals surface area contributed by atoms with Crippen LogP contribution in [0.25, 0.3) is 0 Å². The number of aromatic amines is 1. The van der Waals surface area contributed by atoms with Gasteiger partial charge in [0.25, 0.3) is 5.91 Å². The van der Waals surface area contributed by atoms with Gasteiger partial charge in [0.2, 0.25) is 5.56 Å². The summed E-state index contributed by atoms with van der Waals surface area (Å²) in [5, 5.41) is 0.0598. The molecule has 1 aromatic heterocycles. The summed E-state index contributed by atoms with van der Waals surface area (Å²) in [6.45, 7) is 1.19. The second kappa shape index (κ2) is 7.00. The summed E-state index contributed by atoms with van der Waals surface area (Å²) in [6, 6.07) is 9.70. The second-order valence-corrected chi connectivity index (χ2v) is 6.71. The van der Waals surface area contributed by atoms with E-state index in [1.807, 2.05) is 12.1 Å². The summed E-state index contributed by atoms with van der Waals surface area (Å²) in [5.41, 5.74) is 0.947. The highest BCUT2D eigenvalue weighted by Gasteiger charge is 2.24. The van der Waals surface area contributed by atoms with E-state index in [-0.39, 0.29) is 22.5 Å². The average Bonchev–Trinajstić information content (AvgIpc) is 2.81. The van der Waals surface area contributed by atoms with Crippen LogP contribution in [0.15, 0.2) is 47.4 Å². The number of amides is 1. The van der Waals surface area contributed by atoms with Crippen LogP contribution in [0, 0.1) is 5.82 Å². The van der Waals surface area contributed by atoms with Gasteiger partial charge in [0.05, 0.1) is 5.56 Å². The Kier molecular flexibility index (Phi) is 4.81. The van der Waals surface area contributed by atoms with Crippen LogP contribution in [0.1, 0.15) is 27.6 Å². The average molecular weight is 332 g/mol. The Balaban J connectivity index is 1.71. The number of carbonyl (C=O) groups excluding carboxylic acids is 1. The molecule has 1 aliphatic rings. The molecule has 2 heterocycles. The molecule has 0 bridgehead atoms. The molecule has 1 saturated heterocycles. The minimum Gasteiger partial charge on any atom is -0.338 e. The molecule has 1 N–H and O–H groups in total. The lowest BCUT2D eigenvalue weighted by molar-refractivity contribution is 0.0766. The van der Waals surface area contributed by atoms with Crippen LogP contribution in [0.2, 0.25) is 0 Å². The van der Waals surface area contributed by atoms with Gasteiger partial charge in [-0.2, -0.15) is 11.8 Å². The number of rotatable bonds is 2. The number of thioether (sulfide) groups is 1. The molecular formula is C17H17FN2O2S. The largest absolute Gasteiger partial charge is 0.338 e. The number of aromatic nitrogens is 1. The molecule has 2 aromatic rings. The summed E-state index contributed by atoms with van der Waals surface area (Å²) in [4.78, 5) is 27.9. The molecule has 1 aromatic carbocycles. The molecule has 1 amide bonds. The molecule has 23 heavy (non-hydrogen) atoms. The standard InChI is InChI=1S/C17H17FN2O2S/c18-14-4-2-1-3-13(14)15-7-8-20(9-10-23-15)17(22)12-5-6-16(21)19-11-12/h1-6,11,15H,7-10H2,(H,19,21)/t15-/m1/s1. The molecule has 0 radical (unpaired) electrons. The maximum atomic E-state index is 13.9. The molecule has 0 spiro atoms. The SMILES string of the molecule is O=C(c1ccc(=O)[nH]c1)N1CCS[C@@H](c2ccccc2F)CC1. The van der Waals surface area contributed by atoms with Crippen LogP contribution in [0.4, 0.5) is 4.39 Å². The summed E-state index contributed by atoms with van der Waals surface area (Å²) >= 11 is 1.68. The lowest BCUT2D eigenvalue weighted by Crippen LogP contribution is -2.33. The minimum atomic E-state index is -0.229. The Morgan fingerprint density at radius 2 is 2.04 bits per heavy atom. The van der Waals surface area contributed by atoms with Gasteiger partial charge in [0, 0.05) is 41.9 Å². The molecular weight excluding hydrogens is 315 g/mol. The zero-order chi connectivity index (χ0) is 16.2. The first-order valence-electron chi connectivity index (χ1n) is 7.49. The molecule has 0 unspecified atom stereocenters. The summed E-state index contributed by atoms with van der Waals surface area (Å²) in [6.07, 6.45) is 2.15. The summed E-state index contributed by atoms with van der Waals surface area (Å²) in [7, 11) is 0. The van der Waals surface area contributed by atoms with Crippen molar-refractivity contribution in [2.75, 3.05) is 18.8 Å². The van der Waals surface area contributed by atoms with Gasteiger partial charge < -0.3 is 9.88 Å². The van der Waals surface area contributed by atoms with E-state index in [4.69, 9.17) is 0 Å². The predicted octanol–water partition coefficient (Wildman–Crippen LogP) is 2.83. The van der Waals surface area contributed by atoms with Crippen LogP contribution in [-0.2, 0) is 0 Å². The Labute approximate surface area is 137 Å². The van der Waals surface area contributed by atoms with Gasteiger partial charge in [0.15, 0.2) is 0 Å². The first-order chi connectivity index (χ1) is 11.1. The minimum absolute atomic E-state index is 0.0598. The Morgan fingerprint density at radius 3 is 2.78 bits per heavy atom. The van der Waals surface area contributed by atoms with Gasteiger partial charge in [-0.3, -0.25) is 9.59 Å². The zero-order valence-electron chi connectivity index (χ0n) is 12.5. The number of hydrogen-bond donors (Lipinski definition) is 1. The monoisotopic (exact) mass is 332 g/mol. The number of halogens is 1. The zero-order valence-corrected chi connectivity index (χ0v) is 13.3. The van der Waals surface area contributed by atoms with Gasteiger partial charge in [0.1, 0.15) is 5.82 Å². The fourth-order valence-corrected chi connectivity index (χ4v) is 3.94. The Bertz CT molecular complexity index is 742. The quantitative estimate of drug-likeness (QED) is 0.920. The maximum Gasteiger partial charge on any atom is 0.255 e. The van der Waals surface area contributed by atoms with E-state index < -0.39 is 0 Å². The van der Waals surface area contributed by atoms with Crippen molar-refractivity contribution in [1.29, 1.82) is 0 Å². The van der Waals surface area contributed by atoms with Gasteiger partial charge >= 0.3 is 0 Å². The van der Waals surface area contributed by atoms with E-state index in [0.29, 0.717) is 30.6 Å². The van der Waals surface area contributed by atoms with Crippen molar-refractivity contribution < 1.29 is 9.18 Å². The number of benzene rings is 1. The third kappa shape index (κ3) is 3.64. The van der Waals surface area contributed by atoms with E-state index in [0.717, 1.165) is 5.75 Å². The van der Waals surface area contributed by atoms with Crippen molar-refractivity contribution in [3.8, 4) is 0 Å². The topological polar surface area (TPSA) is 53.2 Å². The van der Waals surface area contributed by atoms with Crippen LogP contribution in [-0.4, -0.2) is 34.6 Å². The van der Waals surface area contributed by atoms with Gasteiger partial charge in [-0.25, -0.2) is 4.39 Å². The van der Waals surface area contributed by atoms with E-state index in [1.54, 1.807) is 22.7 Å². The van der Waals surface area contributed by atoms with Crippen LogP contribution in [0.5, 0.6) is 0 Å². The molecule has 1 aliphatic heterocycles.